The van der Waals surface area contributed by atoms with Crippen LogP contribution in [0.1, 0.15) is 35.2 Å². The summed E-state index contributed by atoms with van der Waals surface area (Å²) in [4.78, 5) is 11.3. The molecule has 0 radical (unpaired) electrons. The highest BCUT2D eigenvalue weighted by atomic mass is 16.5. The van der Waals surface area contributed by atoms with Gasteiger partial charge in [0.1, 0.15) is 0 Å². The monoisotopic (exact) mass is 277 g/mol. The number of hydrogen-bond acceptors (Lipinski definition) is 4. The molecule has 0 bridgehead atoms. The van der Waals surface area contributed by atoms with Crippen LogP contribution in [0.15, 0.2) is 24.3 Å². The Bertz CT molecular complexity index is 410. The number of rotatable bonds is 6. The van der Waals surface area contributed by atoms with Gasteiger partial charge in [0.05, 0.1) is 19.3 Å². The number of esters is 1. The molecule has 1 N–H and O–H groups in total. The largest absolute Gasteiger partial charge is 0.465 e. The molecule has 0 atom stereocenters. The Morgan fingerprint density at radius 2 is 1.95 bits per heavy atom. The van der Waals surface area contributed by atoms with E-state index in [1.54, 1.807) is 12.1 Å². The summed E-state index contributed by atoms with van der Waals surface area (Å²) in [5.74, 6) is 0.501. The number of ether oxygens (including phenoxy) is 2. The molecule has 1 aromatic carbocycles. The van der Waals surface area contributed by atoms with Gasteiger partial charge in [-0.25, -0.2) is 4.79 Å². The second-order valence-corrected chi connectivity index (χ2v) is 5.22. The van der Waals surface area contributed by atoms with Crippen LogP contribution in [0.3, 0.4) is 0 Å². The quantitative estimate of drug-likeness (QED) is 0.640. The molecule has 4 heteroatoms. The highest BCUT2D eigenvalue weighted by Crippen LogP contribution is 2.16. The lowest BCUT2D eigenvalue weighted by molar-refractivity contribution is 0.0600. The van der Waals surface area contributed by atoms with Crippen LogP contribution in [0.2, 0.25) is 0 Å². The van der Waals surface area contributed by atoms with Crippen molar-refractivity contribution in [1.82, 2.24) is 5.32 Å². The smallest absolute Gasteiger partial charge is 0.337 e. The van der Waals surface area contributed by atoms with Crippen molar-refractivity contribution in [2.75, 3.05) is 26.8 Å². The van der Waals surface area contributed by atoms with Gasteiger partial charge in [-0.3, -0.25) is 0 Å². The van der Waals surface area contributed by atoms with Crippen molar-refractivity contribution in [3.05, 3.63) is 35.4 Å². The number of carbonyl (C=O) groups is 1. The summed E-state index contributed by atoms with van der Waals surface area (Å²) in [6.07, 6.45) is 3.66. The van der Waals surface area contributed by atoms with Gasteiger partial charge >= 0.3 is 5.97 Å². The first-order chi connectivity index (χ1) is 9.79. The van der Waals surface area contributed by atoms with Gasteiger partial charge in [-0.2, -0.15) is 0 Å². The molecule has 0 spiro atoms. The van der Waals surface area contributed by atoms with Gasteiger partial charge in [0.25, 0.3) is 0 Å². The molecule has 1 aromatic rings. The minimum Gasteiger partial charge on any atom is -0.465 e. The molecular formula is C16H23NO3. The number of benzene rings is 1. The molecule has 2 rings (SSSR count). The molecule has 110 valence electrons. The van der Waals surface area contributed by atoms with E-state index in [-0.39, 0.29) is 5.97 Å². The second kappa shape index (κ2) is 8.02. The van der Waals surface area contributed by atoms with Crippen LogP contribution < -0.4 is 5.32 Å². The first-order valence-corrected chi connectivity index (χ1v) is 7.25. The average molecular weight is 277 g/mol. The van der Waals surface area contributed by atoms with Gasteiger partial charge in [0.15, 0.2) is 0 Å². The third kappa shape index (κ3) is 4.62. The summed E-state index contributed by atoms with van der Waals surface area (Å²) in [5.41, 5.74) is 1.66. The molecule has 0 unspecified atom stereocenters. The molecule has 1 fully saturated rings. The van der Waals surface area contributed by atoms with E-state index in [1.807, 2.05) is 12.1 Å². The van der Waals surface area contributed by atoms with Crippen LogP contribution in [0.5, 0.6) is 0 Å². The maximum atomic E-state index is 11.3. The topological polar surface area (TPSA) is 47.6 Å². The van der Waals surface area contributed by atoms with Gasteiger partial charge in [-0.05, 0) is 56.0 Å². The van der Waals surface area contributed by atoms with Crippen molar-refractivity contribution in [2.45, 2.75) is 25.9 Å². The summed E-state index contributed by atoms with van der Waals surface area (Å²) in [6, 6.07) is 7.38. The zero-order valence-electron chi connectivity index (χ0n) is 12.1. The lowest BCUT2D eigenvalue weighted by Crippen LogP contribution is -2.28. The molecule has 1 heterocycles. The zero-order valence-corrected chi connectivity index (χ0v) is 12.1. The Labute approximate surface area is 120 Å². The molecule has 1 saturated heterocycles. The molecule has 4 nitrogen and oxygen atoms in total. The lowest BCUT2D eigenvalue weighted by atomic mass is 9.95. The molecule has 1 aliphatic rings. The fraction of sp³-hybridized carbons (Fsp3) is 0.562. The molecule has 0 aromatic heterocycles. The van der Waals surface area contributed by atoms with Gasteiger partial charge < -0.3 is 14.8 Å². The highest BCUT2D eigenvalue weighted by molar-refractivity contribution is 5.89. The Morgan fingerprint density at radius 3 is 2.60 bits per heavy atom. The predicted octanol–water partition coefficient (Wildman–Crippen LogP) is 2.38. The van der Waals surface area contributed by atoms with E-state index in [1.165, 1.54) is 20.0 Å². The summed E-state index contributed by atoms with van der Waals surface area (Å²) in [6.45, 7) is 3.69. The van der Waals surface area contributed by atoms with Gasteiger partial charge in [-0.15, -0.1) is 0 Å². The number of piperidine rings is 1. The van der Waals surface area contributed by atoms with Crippen molar-refractivity contribution in [1.29, 1.82) is 0 Å². The van der Waals surface area contributed by atoms with E-state index in [2.05, 4.69) is 10.1 Å². The second-order valence-electron chi connectivity index (χ2n) is 5.22. The summed E-state index contributed by atoms with van der Waals surface area (Å²) in [7, 11) is 1.39. The molecule has 20 heavy (non-hydrogen) atoms. The zero-order chi connectivity index (χ0) is 14.2. The molecule has 0 aliphatic carbocycles. The minimum atomic E-state index is -0.302. The van der Waals surface area contributed by atoms with Crippen molar-refractivity contribution < 1.29 is 14.3 Å². The van der Waals surface area contributed by atoms with Crippen molar-refractivity contribution in [3.8, 4) is 0 Å². The molecule has 0 saturated carbocycles. The SMILES string of the molecule is COC(=O)c1ccc(COCCC2CCNCC2)cc1. The van der Waals surface area contributed by atoms with Crippen LogP contribution >= 0.6 is 0 Å². The fourth-order valence-electron chi connectivity index (χ4n) is 2.47. The summed E-state index contributed by atoms with van der Waals surface area (Å²) < 4.78 is 10.4. The van der Waals surface area contributed by atoms with Crippen molar-refractivity contribution in [3.63, 3.8) is 0 Å². The Balaban J connectivity index is 1.67. The summed E-state index contributed by atoms with van der Waals surface area (Å²) in [5, 5.41) is 3.37. The van der Waals surface area contributed by atoms with Gasteiger partial charge in [0, 0.05) is 6.61 Å². The fourth-order valence-corrected chi connectivity index (χ4v) is 2.47. The first kappa shape index (κ1) is 15.0. The highest BCUT2D eigenvalue weighted by Gasteiger charge is 2.12. The summed E-state index contributed by atoms with van der Waals surface area (Å²) >= 11 is 0. The lowest BCUT2D eigenvalue weighted by Gasteiger charge is -2.22. The van der Waals surface area contributed by atoms with E-state index in [9.17, 15) is 4.79 Å². The third-order valence-corrected chi connectivity index (χ3v) is 3.77. The number of carbonyl (C=O) groups excluding carboxylic acids is 1. The van der Waals surface area contributed by atoms with E-state index in [0.717, 1.165) is 37.6 Å². The third-order valence-electron chi connectivity index (χ3n) is 3.77. The van der Waals surface area contributed by atoms with E-state index >= 15 is 0 Å². The van der Waals surface area contributed by atoms with Crippen LogP contribution in [0.25, 0.3) is 0 Å². The average Bonchev–Trinajstić information content (AvgIpc) is 2.52. The van der Waals surface area contributed by atoms with E-state index in [0.29, 0.717) is 12.2 Å². The van der Waals surface area contributed by atoms with E-state index < -0.39 is 0 Å². The Kier molecular flexibility index (Phi) is 6.02. The van der Waals surface area contributed by atoms with Crippen molar-refractivity contribution >= 4 is 5.97 Å². The van der Waals surface area contributed by atoms with Crippen LogP contribution in [0, 0.1) is 5.92 Å². The van der Waals surface area contributed by atoms with Gasteiger partial charge in [0.2, 0.25) is 0 Å². The predicted molar refractivity (Wildman–Crippen MR) is 77.6 cm³/mol. The van der Waals surface area contributed by atoms with Gasteiger partial charge in [-0.1, -0.05) is 12.1 Å². The number of hydrogen-bond donors (Lipinski definition) is 1. The number of nitrogens with one attached hydrogen (secondary N) is 1. The number of methoxy groups -OCH3 is 1. The molecule has 0 amide bonds. The van der Waals surface area contributed by atoms with E-state index in [4.69, 9.17) is 4.74 Å². The van der Waals surface area contributed by atoms with Crippen LogP contribution in [0.4, 0.5) is 0 Å². The standard InChI is InChI=1S/C16H23NO3/c1-19-16(18)15-4-2-14(3-5-15)12-20-11-8-13-6-9-17-10-7-13/h2-5,13,17H,6-12H2,1H3. The minimum absolute atomic E-state index is 0.302. The Morgan fingerprint density at radius 1 is 1.25 bits per heavy atom. The maximum Gasteiger partial charge on any atom is 0.337 e. The van der Waals surface area contributed by atoms with Crippen molar-refractivity contribution in [2.24, 2.45) is 5.92 Å². The van der Waals surface area contributed by atoms with Crippen LogP contribution in [-0.2, 0) is 16.1 Å². The normalized spacial score (nSPS) is 16.1. The molecule has 1 aliphatic heterocycles. The maximum absolute atomic E-state index is 11.3. The first-order valence-electron chi connectivity index (χ1n) is 7.25. The molecular weight excluding hydrogens is 254 g/mol. The van der Waals surface area contributed by atoms with Crippen LogP contribution in [-0.4, -0.2) is 32.8 Å². The Hall–Kier alpha value is -1.39.